The van der Waals surface area contributed by atoms with E-state index in [4.69, 9.17) is 4.52 Å². The van der Waals surface area contributed by atoms with E-state index in [0.29, 0.717) is 12.1 Å². The first-order valence-electron chi connectivity index (χ1n) is 6.41. The van der Waals surface area contributed by atoms with Gasteiger partial charge in [0.1, 0.15) is 11.5 Å². The minimum atomic E-state index is -0.114. The summed E-state index contributed by atoms with van der Waals surface area (Å²) in [5, 5.41) is 8.85. The Kier molecular flexibility index (Phi) is 3.21. The molecule has 4 nitrogen and oxygen atoms in total. The van der Waals surface area contributed by atoms with E-state index in [0.717, 1.165) is 22.2 Å². The molecule has 100 valence electrons. The van der Waals surface area contributed by atoms with Crippen molar-refractivity contribution in [2.75, 3.05) is 0 Å². The lowest BCUT2D eigenvalue weighted by molar-refractivity contribution is 0.0950. The van der Waals surface area contributed by atoms with E-state index in [-0.39, 0.29) is 5.91 Å². The molecular weight excluding hydrogens is 252 g/mol. The van der Waals surface area contributed by atoms with E-state index < -0.39 is 0 Å². The van der Waals surface area contributed by atoms with Gasteiger partial charge in [0, 0.05) is 11.6 Å². The van der Waals surface area contributed by atoms with Crippen LogP contribution in [0.5, 0.6) is 0 Å². The number of fused-ring (bicyclic) bond motifs is 1. The highest BCUT2D eigenvalue weighted by Gasteiger charge is 2.07. The van der Waals surface area contributed by atoms with Crippen LogP contribution in [0.15, 0.2) is 53.1 Å². The molecule has 3 aromatic rings. The zero-order chi connectivity index (χ0) is 13.9. The molecule has 0 aliphatic carbocycles. The van der Waals surface area contributed by atoms with Crippen LogP contribution >= 0.6 is 0 Å². The Morgan fingerprint density at radius 3 is 2.70 bits per heavy atom. The number of hydrogen-bond acceptors (Lipinski definition) is 3. The third-order valence-corrected chi connectivity index (χ3v) is 3.12. The molecule has 0 bridgehead atoms. The van der Waals surface area contributed by atoms with Crippen LogP contribution in [0, 0.1) is 6.92 Å². The summed E-state index contributed by atoms with van der Waals surface area (Å²) < 4.78 is 4.96. The van der Waals surface area contributed by atoms with E-state index in [1.807, 2.05) is 49.4 Å². The number of benzene rings is 2. The fourth-order valence-electron chi connectivity index (χ4n) is 2.10. The van der Waals surface area contributed by atoms with Gasteiger partial charge in [-0.25, -0.2) is 0 Å². The molecule has 0 aliphatic heterocycles. The van der Waals surface area contributed by atoms with Gasteiger partial charge < -0.3 is 9.84 Å². The van der Waals surface area contributed by atoms with Crippen molar-refractivity contribution in [3.63, 3.8) is 0 Å². The number of hydrogen-bond donors (Lipinski definition) is 1. The molecule has 0 unspecified atom stereocenters. The van der Waals surface area contributed by atoms with Crippen LogP contribution in [0.4, 0.5) is 0 Å². The summed E-state index contributed by atoms with van der Waals surface area (Å²) in [6.45, 7) is 2.19. The van der Waals surface area contributed by atoms with E-state index in [1.54, 1.807) is 6.07 Å². The summed E-state index contributed by atoms with van der Waals surface area (Å²) in [6.07, 6.45) is 0. The molecule has 1 heterocycles. The molecule has 0 atom stereocenters. The Balaban J connectivity index is 1.75. The van der Waals surface area contributed by atoms with E-state index in [2.05, 4.69) is 10.5 Å². The number of rotatable bonds is 3. The van der Waals surface area contributed by atoms with Gasteiger partial charge in [0.05, 0.1) is 6.54 Å². The van der Waals surface area contributed by atoms with Crippen molar-refractivity contribution in [3.05, 3.63) is 65.5 Å². The quantitative estimate of drug-likeness (QED) is 0.792. The second-order valence-electron chi connectivity index (χ2n) is 4.67. The highest BCUT2D eigenvalue weighted by atomic mass is 16.5. The number of carbonyl (C=O) groups excluding carboxylic acids is 1. The number of nitrogens with one attached hydrogen (secondary N) is 1. The van der Waals surface area contributed by atoms with Gasteiger partial charge in [0.2, 0.25) is 0 Å². The van der Waals surface area contributed by atoms with E-state index >= 15 is 0 Å². The number of carbonyl (C=O) groups is 1. The fourth-order valence-corrected chi connectivity index (χ4v) is 2.10. The van der Waals surface area contributed by atoms with E-state index in [9.17, 15) is 4.79 Å². The number of nitrogens with zero attached hydrogens (tertiary/aromatic N) is 1. The lowest BCUT2D eigenvalue weighted by atomic mass is 10.1. The van der Waals surface area contributed by atoms with Gasteiger partial charge in [-0.3, -0.25) is 4.79 Å². The van der Waals surface area contributed by atoms with Crippen molar-refractivity contribution in [2.45, 2.75) is 13.5 Å². The van der Waals surface area contributed by atoms with E-state index in [1.165, 1.54) is 0 Å². The first-order chi connectivity index (χ1) is 9.72. The van der Waals surface area contributed by atoms with Crippen molar-refractivity contribution in [1.82, 2.24) is 10.5 Å². The summed E-state index contributed by atoms with van der Waals surface area (Å²) in [4.78, 5) is 12.1. The zero-order valence-electron chi connectivity index (χ0n) is 11.1. The molecule has 1 amide bonds. The monoisotopic (exact) mass is 266 g/mol. The highest BCUT2D eigenvalue weighted by molar-refractivity contribution is 5.98. The summed E-state index contributed by atoms with van der Waals surface area (Å²) in [6, 6.07) is 15.4. The first kappa shape index (κ1) is 12.4. The smallest absolute Gasteiger partial charge is 0.251 e. The van der Waals surface area contributed by atoms with Gasteiger partial charge >= 0.3 is 0 Å². The van der Waals surface area contributed by atoms with Crippen LogP contribution in [-0.2, 0) is 6.54 Å². The minimum absolute atomic E-state index is 0.114. The predicted molar refractivity (Wildman–Crippen MR) is 76.4 cm³/mol. The Morgan fingerprint density at radius 1 is 1.15 bits per heavy atom. The van der Waals surface area contributed by atoms with Crippen LogP contribution in [0.3, 0.4) is 0 Å². The molecule has 20 heavy (non-hydrogen) atoms. The van der Waals surface area contributed by atoms with Crippen molar-refractivity contribution >= 4 is 16.7 Å². The summed E-state index contributed by atoms with van der Waals surface area (Å²) >= 11 is 0. The van der Waals surface area contributed by atoms with Crippen LogP contribution in [0.2, 0.25) is 0 Å². The molecule has 2 aromatic carbocycles. The Labute approximate surface area is 116 Å². The molecule has 0 saturated heterocycles. The largest absolute Gasteiger partial charge is 0.361 e. The number of amides is 1. The molecule has 1 aromatic heterocycles. The van der Waals surface area contributed by atoms with Gasteiger partial charge in [-0.05, 0) is 29.8 Å². The fraction of sp³-hybridized carbons (Fsp3) is 0.125. The normalized spacial score (nSPS) is 10.7. The van der Waals surface area contributed by atoms with Crippen molar-refractivity contribution < 1.29 is 9.32 Å². The Hall–Kier alpha value is -2.62. The number of aryl methyl sites for hydroxylation is 1. The van der Waals surface area contributed by atoms with Crippen LogP contribution in [0.1, 0.15) is 21.8 Å². The summed E-state index contributed by atoms with van der Waals surface area (Å²) in [5.41, 5.74) is 1.36. The van der Waals surface area contributed by atoms with Crippen LogP contribution in [-0.4, -0.2) is 11.1 Å². The summed E-state index contributed by atoms with van der Waals surface area (Å²) in [5.74, 6) is 0.622. The Morgan fingerprint density at radius 2 is 1.95 bits per heavy atom. The maximum absolute atomic E-state index is 12.1. The SMILES string of the molecule is Cc1cc(CNC(=O)c2ccc3ccccc3c2)no1. The highest BCUT2D eigenvalue weighted by Crippen LogP contribution is 2.15. The molecule has 0 aliphatic rings. The van der Waals surface area contributed by atoms with Gasteiger partial charge in [0.25, 0.3) is 5.91 Å². The van der Waals surface area contributed by atoms with Gasteiger partial charge in [-0.15, -0.1) is 0 Å². The van der Waals surface area contributed by atoms with Gasteiger partial charge in [-0.1, -0.05) is 35.5 Å². The Bertz CT molecular complexity index is 762. The predicted octanol–water partition coefficient (Wildman–Crippen LogP) is 3.07. The zero-order valence-corrected chi connectivity index (χ0v) is 11.1. The van der Waals surface area contributed by atoms with Crippen molar-refractivity contribution in [3.8, 4) is 0 Å². The lowest BCUT2D eigenvalue weighted by Gasteiger charge is -2.04. The second kappa shape index (κ2) is 5.17. The maximum Gasteiger partial charge on any atom is 0.251 e. The maximum atomic E-state index is 12.1. The van der Waals surface area contributed by atoms with Gasteiger partial charge in [0.15, 0.2) is 0 Å². The summed E-state index contributed by atoms with van der Waals surface area (Å²) in [7, 11) is 0. The standard InChI is InChI=1S/C16H14N2O2/c1-11-8-15(18-20-11)10-17-16(19)14-7-6-12-4-2-3-5-13(12)9-14/h2-9H,10H2,1H3,(H,17,19). The molecule has 0 radical (unpaired) electrons. The average molecular weight is 266 g/mol. The second-order valence-corrected chi connectivity index (χ2v) is 4.67. The van der Waals surface area contributed by atoms with Gasteiger partial charge in [-0.2, -0.15) is 0 Å². The van der Waals surface area contributed by atoms with Crippen molar-refractivity contribution in [1.29, 1.82) is 0 Å². The third-order valence-electron chi connectivity index (χ3n) is 3.12. The average Bonchev–Trinajstić information content (AvgIpc) is 2.90. The number of aromatic nitrogens is 1. The third kappa shape index (κ3) is 2.54. The topological polar surface area (TPSA) is 55.1 Å². The first-order valence-corrected chi connectivity index (χ1v) is 6.41. The molecule has 0 fully saturated rings. The van der Waals surface area contributed by atoms with Crippen molar-refractivity contribution in [2.24, 2.45) is 0 Å². The van der Waals surface area contributed by atoms with Crippen LogP contribution < -0.4 is 5.32 Å². The molecular formula is C16H14N2O2. The minimum Gasteiger partial charge on any atom is -0.361 e. The molecule has 3 rings (SSSR count). The molecule has 4 heteroatoms. The molecule has 1 N–H and O–H groups in total. The lowest BCUT2D eigenvalue weighted by Crippen LogP contribution is -2.22. The van der Waals surface area contributed by atoms with Crippen LogP contribution in [0.25, 0.3) is 10.8 Å². The molecule has 0 saturated carbocycles. The molecule has 0 spiro atoms.